The highest BCUT2D eigenvalue weighted by molar-refractivity contribution is 5.67. The van der Waals surface area contributed by atoms with E-state index in [2.05, 4.69) is 11.4 Å². The third-order valence-corrected chi connectivity index (χ3v) is 2.69. The van der Waals surface area contributed by atoms with Crippen molar-refractivity contribution in [3.8, 4) is 6.07 Å². The Bertz CT molecular complexity index is 480. The summed E-state index contributed by atoms with van der Waals surface area (Å²) in [7, 11) is 0. The number of carboxylic acid groups (broad SMARTS) is 1. The normalized spacial score (nSPS) is 11.6. The lowest BCUT2D eigenvalue weighted by Gasteiger charge is -2.16. The standard InChI is InChI=1S/C14H18N2O3/c1-3-19-13(7-14(17)18)9-16-12-5-4-11(8-15)10(2)6-12/h4-6,13,16H,3,7,9H2,1-2H3,(H,17,18). The molecule has 0 aromatic heterocycles. The number of aliphatic carboxylic acids is 1. The van der Waals surface area contributed by atoms with Crippen molar-refractivity contribution in [3.63, 3.8) is 0 Å². The Labute approximate surface area is 112 Å². The van der Waals surface area contributed by atoms with Gasteiger partial charge in [0.1, 0.15) is 0 Å². The summed E-state index contributed by atoms with van der Waals surface area (Å²) >= 11 is 0. The molecule has 102 valence electrons. The van der Waals surface area contributed by atoms with E-state index >= 15 is 0 Å². The summed E-state index contributed by atoms with van der Waals surface area (Å²) in [4.78, 5) is 10.7. The van der Waals surface area contributed by atoms with E-state index in [4.69, 9.17) is 15.1 Å². The number of rotatable bonds is 7. The molecule has 0 aliphatic rings. The lowest BCUT2D eigenvalue weighted by atomic mass is 10.1. The molecule has 2 N–H and O–H groups in total. The van der Waals surface area contributed by atoms with Gasteiger partial charge in [-0.2, -0.15) is 5.26 Å². The molecule has 5 nitrogen and oxygen atoms in total. The van der Waals surface area contributed by atoms with Crippen LogP contribution in [0.1, 0.15) is 24.5 Å². The van der Waals surface area contributed by atoms with Gasteiger partial charge in [0, 0.05) is 18.8 Å². The Hall–Kier alpha value is -2.06. The second kappa shape index (κ2) is 7.39. The Morgan fingerprint density at radius 3 is 2.84 bits per heavy atom. The summed E-state index contributed by atoms with van der Waals surface area (Å²) < 4.78 is 5.35. The van der Waals surface area contributed by atoms with Crippen molar-refractivity contribution in [2.45, 2.75) is 26.4 Å². The van der Waals surface area contributed by atoms with Crippen molar-refractivity contribution in [2.24, 2.45) is 0 Å². The molecular formula is C14H18N2O3. The number of hydrogen-bond donors (Lipinski definition) is 2. The Balaban J connectivity index is 2.61. The van der Waals surface area contributed by atoms with Gasteiger partial charge in [0.15, 0.2) is 0 Å². The Kier molecular flexibility index (Phi) is 5.83. The summed E-state index contributed by atoms with van der Waals surface area (Å²) in [6.45, 7) is 4.60. The van der Waals surface area contributed by atoms with E-state index < -0.39 is 5.97 Å². The Morgan fingerprint density at radius 1 is 1.58 bits per heavy atom. The minimum absolute atomic E-state index is 0.0316. The van der Waals surface area contributed by atoms with Crippen LogP contribution in [0.4, 0.5) is 5.69 Å². The monoisotopic (exact) mass is 262 g/mol. The zero-order chi connectivity index (χ0) is 14.3. The van der Waals surface area contributed by atoms with Crippen LogP contribution < -0.4 is 5.32 Å². The van der Waals surface area contributed by atoms with Gasteiger partial charge in [-0.3, -0.25) is 4.79 Å². The minimum atomic E-state index is -0.878. The van der Waals surface area contributed by atoms with Crippen LogP contribution in [0.15, 0.2) is 18.2 Å². The number of carbonyl (C=O) groups is 1. The largest absolute Gasteiger partial charge is 0.481 e. The van der Waals surface area contributed by atoms with Crippen molar-refractivity contribution in [2.75, 3.05) is 18.5 Å². The highest BCUT2D eigenvalue weighted by Crippen LogP contribution is 2.14. The van der Waals surface area contributed by atoms with Gasteiger partial charge in [0.25, 0.3) is 0 Å². The number of aryl methyl sites for hydroxylation is 1. The molecule has 0 fully saturated rings. The van der Waals surface area contributed by atoms with Gasteiger partial charge >= 0.3 is 5.97 Å². The van der Waals surface area contributed by atoms with Gasteiger partial charge in [-0.05, 0) is 37.6 Å². The fourth-order valence-electron chi connectivity index (χ4n) is 1.75. The molecule has 0 amide bonds. The minimum Gasteiger partial charge on any atom is -0.481 e. The molecule has 0 aliphatic heterocycles. The van der Waals surface area contributed by atoms with Crippen molar-refractivity contribution in [1.29, 1.82) is 5.26 Å². The maximum atomic E-state index is 10.7. The molecule has 0 bridgehead atoms. The van der Waals surface area contributed by atoms with Crippen LogP contribution in [0.3, 0.4) is 0 Å². The molecule has 1 unspecified atom stereocenters. The molecule has 5 heteroatoms. The van der Waals surface area contributed by atoms with Crippen molar-refractivity contribution in [3.05, 3.63) is 29.3 Å². The van der Waals surface area contributed by atoms with Crippen molar-refractivity contribution >= 4 is 11.7 Å². The molecule has 0 saturated heterocycles. The average Bonchev–Trinajstić information content (AvgIpc) is 2.36. The predicted octanol–water partition coefficient (Wildman–Crippen LogP) is 2.16. The van der Waals surface area contributed by atoms with Crippen molar-refractivity contribution in [1.82, 2.24) is 0 Å². The summed E-state index contributed by atoms with van der Waals surface area (Å²) in [5, 5.41) is 20.7. The molecule has 0 saturated carbocycles. The molecule has 1 aromatic rings. The number of carboxylic acids is 1. The van der Waals surface area contributed by atoms with Gasteiger partial charge in [-0.25, -0.2) is 0 Å². The molecule has 0 heterocycles. The van der Waals surface area contributed by atoms with E-state index in [9.17, 15) is 4.79 Å². The van der Waals surface area contributed by atoms with Crippen LogP contribution in [-0.2, 0) is 9.53 Å². The maximum Gasteiger partial charge on any atom is 0.306 e. The summed E-state index contributed by atoms with van der Waals surface area (Å²) in [6, 6.07) is 7.51. The highest BCUT2D eigenvalue weighted by atomic mass is 16.5. The summed E-state index contributed by atoms with van der Waals surface area (Å²) in [6.07, 6.45) is -0.394. The lowest BCUT2D eigenvalue weighted by molar-refractivity contribution is -0.139. The van der Waals surface area contributed by atoms with E-state index in [0.717, 1.165) is 11.3 Å². The van der Waals surface area contributed by atoms with Gasteiger partial charge in [0.05, 0.1) is 24.2 Å². The van der Waals surface area contributed by atoms with Crippen LogP contribution in [0.25, 0.3) is 0 Å². The quantitative estimate of drug-likeness (QED) is 0.786. The fourth-order valence-corrected chi connectivity index (χ4v) is 1.75. The SMILES string of the molecule is CCOC(CNc1ccc(C#N)c(C)c1)CC(=O)O. The van der Waals surface area contributed by atoms with Crippen LogP contribution in [0.2, 0.25) is 0 Å². The van der Waals surface area contributed by atoms with Crippen LogP contribution >= 0.6 is 0 Å². The van der Waals surface area contributed by atoms with E-state index in [1.807, 2.05) is 19.9 Å². The number of ether oxygens (including phenoxy) is 1. The topological polar surface area (TPSA) is 82.3 Å². The fraction of sp³-hybridized carbons (Fsp3) is 0.429. The van der Waals surface area contributed by atoms with Gasteiger partial charge in [0.2, 0.25) is 0 Å². The molecule has 1 rings (SSSR count). The van der Waals surface area contributed by atoms with Crippen LogP contribution in [0.5, 0.6) is 0 Å². The van der Waals surface area contributed by atoms with Crippen LogP contribution in [-0.4, -0.2) is 30.3 Å². The number of nitrogens with one attached hydrogen (secondary N) is 1. The van der Waals surface area contributed by atoms with E-state index in [-0.39, 0.29) is 12.5 Å². The first-order chi connectivity index (χ1) is 9.06. The maximum absolute atomic E-state index is 10.7. The van der Waals surface area contributed by atoms with Crippen molar-refractivity contribution < 1.29 is 14.6 Å². The average molecular weight is 262 g/mol. The first-order valence-electron chi connectivity index (χ1n) is 6.14. The lowest BCUT2D eigenvalue weighted by Crippen LogP contribution is -2.26. The molecule has 1 atom stereocenters. The smallest absolute Gasteiger partial charge is 0.306 e. The number of anilines is 1. The number of hydrogen-bond acceptors (Lipinski definition) is 4. The third-order valence-electron chi connectivity index (χ3n) is 2.69. The number of nitrogens with zero attached hydrogens (tertiary/aromatic N) is 1. The van der Waals surface area contributed by atoms with Gasteiger partial charge in [-0.1, -0.05) is 0 Å². The van der Waals surface area contributed by atoms with E-state index in [1.165, 1.54) is 0 Å². The summed E-state index contributed by atoms with van der Waals surface area (Å²) in [5.74, 6) is -0.878. The highest BCUT2D eigenvalue weighted by Gasteiger charge is 2.13. The molecular weight excluding hydrogens is 244 g/mol. The van der Waals surface area contributed by atoms with Crippen LogP contribution in [0, 0.1) is 18.3 Å². The predicted molar refractivity (Wildman–Crippen MR) is 72.1 cm³/mol. The first kappa shape index (κ1) is 15.0. The molecule has 19 heavy (non-hydrogen) atoms. The second-order valence-electron chi connectivity index (χ2n) is 4.20. The number of nitriles is 1. The third kappa shape index (κ3) is 4.98. The number of benzene rings is 1. The van der Waals surface area contributed by atoms with E-state index in [1.54, 1.807) is 12.1 Å². The zero-order valence-corrected chi connectivity index (χ0v) is 11.1. The Morgan fingerprint density at radius 2 is 2.32 bits per heavy atom. The second-order valence-corrected chi connectivity index (χ2v) is 4.20. The molecule has 0 aliphatic carbocycles. The van der Waals surface area contributed by atoms with E-state index in [0.29, 0.717) is 18.7 Å². The molecule has 0 radical (unpaired) electrons. The molecule has 1 aromatic carbocycles. The molecule has 0 spiro atoms. The van der Waals surface area contributed by atoms with Gasteiger partial charge in [-0.15, -0.1) is 0 Å². The first-order valence-corrected chi connectivity index (χ1v) is 6.14. The zero-order valence-electron chi connectivity index (χ0n) is 11.1. The summed E-state index contributed by atoms with van der Waals surface area (Å²) in [5.41, 5.74) is 2.38. The van der Waals surface area contributed by atoms with Gasteiger partial charge < -0.3 is 15.2 Å².